The van der Waals surface area contributed by atoms with Gasteiger partial charge in [0.1, 0.15) is 0 Å². The highest BCUT2D eigenvalue weighted by Gasteiger charge is 2.16. The molecule has 0 aliphatic carbocycles. The van der Waals surface area contributed by atoms with Gasteiger partial charge in [-0.15, -0.1) is 0 Å². The van der Waals surface area contributed by atoms with Gasteiger partial charge in [-0.25, -0.2) is 0 Å². The van der Waals surface area contributed by atoms with E-state index in [2.05, 4.69) is 36.3 Å². The second kappa shape index (κ2) is 7.42. The number of piperidine rings is 1. The molecule has 1 aliphatic heterocycles. The first kappa shape index (κ1) is 15.0. The summed E-state index contributed by atoms with van der Waals surface area (Å²) >= 11 is 0. The molecule has 108 valence electrons. The van der Waals surface area contributed by atoms with Gasteiger partial charge >= 0.3 is 0 Å². The number of nitrogens with zero attached hydrogens (tertiary/aromatic N) is 2. The number of likely N-dealkylation sites (tertiary alicyclic amines) is 1. The standard InChI is InChI=1S/C17H25N3/c1-14(17-5-3-4-16(12-17)13-18)19-9-6-15-7-10-20(2)11-8-15/h3-5,12,14-15,19H,6-11H2,1-2H3. The van der Waals surface area contributed by atoms with E-state index in [0.29, 0.717) is 6.04 Å². The minimum atomic E-state index is 0.314. The van der Waals surface area contributed by atoms with Crippen molar-refractivity contribution in [2.45, 2.75) is 32.2 Å². The van der Waals surface area contributed by atoms with Gasteiger partial charge in [-0.05, 0) is 76.5 Å². The molecule has 0 aromatic heterocycles. The minimum absolute atomic E-state index is 0.314. The van der Waals surface area contributed by atoms with Gasteiger partial charge in [-0.1, -0.05) is 12.1 Å². The quantitative estimate of drug-likeness (QED) is 0.895. The molecule has 1 aromatic rings. The van der Waals surface area contributed by atoms with Crippen LogP contribution in [0, 0.1) is 17.2 Å². The summed E-state index contributed by atoms with van der Waals surface area (Å²) in [7, 11) is 2.21. The van der Waals surface area contributed by atoms with Gasteiger partial charge in [-0.3, -0.25) is 0 Å². The van der Waals surface area contributed by atoms with Crippen LogP contribution in [0.5, 0.6) is 0 Å². The van der Waals surface area contributed by atoms with Gasteiger partial charge in [0.15, 0.2) is 0 Å². The number of benzene rings is 1. The average Bonchev–Trinajstić information content (AvgIpc) is 2.49. The third-order valence-electron chi connectivity index (χ3n) is 4.36. The number of nitriles is 1. The Kier molecular flexibility index (Phi) is 5.58. The predicted molar refractivity (Wildman–Crippen MR) is 82.4 cm³/mol. The van der Waals surface area contributed by atoms with Crippen molar-refractivity contribution in [1.29, 1.82) is 5.26 Å². The van der Waals surface area contributed by atoms with Gasteiger partial charge < -0.3 is 10.2 Å². The van der Waals surface area contributed by atoms with Crippen molar-refractivity contribution in [2.75, 3.05) is 26.7 Å². The Hall–Kier alpha value is -1.37. The molecule has 1 unspecified atom stereocenters. The van der Waals surface area contributed by atoms with Gasteiger partial charge in [0.2, 0.25) is 0 Å². The minimum Gasteiger partial charge on any atom is -0.310 e. The summed E-state index contributed by atoms with van der Waals surface area (Å²) in [5, 5.41) is 12.5. The molecule has 20 heavy (non-hydrogen) atoms. The topological polar surface area (TPSA) is 39.1 Å². The molecule has 0 amide bonds. The summed E-state index contributed by atoms with van der Waals surface area (Å²) in [6.07, 6.45) is 3.92. The smallest absolute Gasteiger partial charge is 0.0991 e. The fraction of sp³-hybridized carbons (Fsp3) is 0.588. The highest BCUT2D eigenvalue weighted by molar-refractivity contribution is 5.33. The van der Waals surface area contributed by atoms with Crippen LogP contribution in [0.25, 0.3) is 0 Å². The third kappa shape index (κ3) is 4.33. The first-order valence-corrected chi connectivity index (χ1v) is 7.61. The van der Waals surface area contributed by atoms with Crippen LogP contribution in [0.1, 0.15) is 43.4 Å². The second-order valence-electron chi connectivity index (χ2n) is 5.95. The van der Waals surface area contributed by atoms with Crippen LogP contribution in [0.3, 0.4) is 0 Å². The average molecular weight is 271 g/mol. The molecule has 0 saturated carbocycles. The Morgan fingerprint density at radius 2 is 2.15 bits per heavy atom. The Labute approximate surface area is 122 Å². The fourth-order valence-electron chi connectivity index (χ4n) is 2.85. The summed E-state index contributed by atoms with van der Waals surface area (Å²) in [5.74, 6) is 0.872. The summed E-state index contributed by atoms with van der Waals surface area (Å²) in [5.41, 5.74) is 1.94. The Morgan fingerprint density at radius 1 is 1.40 bits per heavy atom. The van der Waals surface area contributed by atoms with E-state index >= 15 is 0 Å². The Balaban J connectivity index is 1.74. The van der Waals surface area contributed by atoms with Gasteiger partial charge in [-0.2, -0.15) is 5.26 Å². The molecule has 0 bridgehead atoms. The lowest BCUT2D eigenvalue weighted by Gasteiger charge is -2.29. The van der Waals surface area contributed by atoms with Crippen molar-refractivity contribution >= 4 is 0 Å². The molecular formula is C17H25N3. The molecule has 1 aliphatic rings. The van der Waals surface area contributed by atoms with E-state index in [4.69, 9.17) is 5.26 Å². The van der Waals surface area contributed by atoms with Crippen LogP contribution in [-0.4, -0.2) is 31.6 Å². The van der Waals surface area contributed by atoms with Crippen LogP contribution >= 0.6 is 0 Å². The fourth-order valence-corrected chi connectivity index (χ4v) is 2.85. The highest BCUT2D eigenvalue weighted by atomic mass is 15.1. The van der Waals surface area contributed by atoms with Crippen molar-refractivity contribution in [2.24, 2.45) is 5.92 Å². The van der Waals surface area contributed by atoms with E-state index < -0.39 is 0 Å². The van der Waals surface area contributed by atoms with Crippen molar-refractivity contribution in [3.63, 3.8) is 0 Å². The van der Waals surface area contributed by atoms with E-state index in [9.17, 15) is 0 Å². The van der Waals surface area contributed by atoms with E-state index in [0.717, 1.165) is 18.0 Å². The lowest BCUT2D eigenvalue weighted by molar-refractivity contribution is 0.211. The Morgan fingerprint density at radius 3 is 2.85 bits per heavy atom. The number of hydrogen-bond donors (Lipinski definition) is 1. The lowest BCUT2D eigenvalue weighted by Crippen LogP contribution is -2.32. The molecule has 0 spiro atoms. The van der Waals surface area contributed by atoms with E-state index in [1.165, 1.54) is 37.9 Å². The zero-order valence-corrected chi connectivity index (χ0v) is 12.6. The van der Waals surface area contributed by atoms with Crippen LogP contribution in [0.2, 0.25) is 0 Å². The zero-order valence-electron chi connectivity index (χ0n) is 12.6. The summed E-state index contributed by atoms with van der Waals surface area (Å²) in [4.78, 5) is 2.42. The molecule has 1 heterocycles. The van der Waals surface area contributed by atoms with Crippen molar-refractivity contribution < 1.29 is 0 Å². The first-order valence-electron chi connectivity index (χ1n) is 7.61. The lowest BCUT2D eigenvalue weighted by atomic mass is 9.93. The van der Waals surface area contributed by atoms with E-state index in [-0.39, 0.29) is 0 Å². The van der Waals surface area contributed by atoms with Gasteiger partial charge in [0.05, 0.1) is 11.6 Å². The third-order valence-corrected chi connectivity index (χ3v) is 4.36. The SMILES string of the molecule is CC(NCCC1CCN(C)CC1)c1cccc(C#N)c1. The molecule has 1 atom stereocenters. The summed E-state index contributed by atoms with van der Waals surface area (Å²) < 4.78 is 0. The van der Waals surface area contributed by atoms with Crippen LogP contribution < -0.4 is 5.32 Å². The summed E-state index contributed by atoms with van der Waals surface area (Å²) in [6, 6.07) is 10.4. The molecule has 1 fully saturated rings. The highest BCUT2D eigenvalue weighted by Crippen LogP contribution is 2.20. The van der Waals surface area contributed by atoms with Crippen LogP contribution in [0.4, 0.5) is 0 Å². The largest absolute Gasteiger partial charge is 0.310 e. The number of nitrogens with one attached hydrogen (secondary N) is 1. The molecule has 1 aromatic carbocycles. The molecule has 3 heteroatoms. The van der Waals surface area contributed by atoms with E-state index in [1.54, 1.807) is 0 Å². The molecule has 0 radical (unpaired) electrons. The van der Waals surface area contributed by atoms with E-state index in [1.807, 2.05) is 18.2 Å². The maximum atomic E-state index is 8.94. The number of rotatable bonds is 5. The first-order chi connectivity index (χ1) is 9.69. The Bertz CT molecular complexity index is 456. The molecular weight excluding hydrogens is 246 g/mol. The van der Waals surface area contributed by atoms with Crippen LogP contribution in [-0.2, 0) is 0 Å². The summed E-state index contributed by atoms with van der Waals surface area (Å²) in [6.45, 7) is 5.71. The monoisotopic (exact) mass is 271 g/mol. The van der Waals surface area contributed by atoms with Gasteiger partial charge in [0, 0.05) is 6.04 Å². The molecule has 3 nitrogen and oxygen atoms in total. The molecule has 1 saturated heterocycles. The predicted octanol–water partition coefficient (Wildman–Crippen LogP) is 2.94. The van der Waals surface area contributed by atoms with Gasteiger partial charge in [0.25, 0.3) is 0 Å². The maximum absolute atomic E-state index is 8.94. The van der Waals surface area contributed by atoms with Crippen molar-refractivity contribution in [3.05, 3.63) is 35.4 Å². The van der Waals surface area contributed by atoms with Crippen molar-refractivity contribution in [3.8, 4) is 6.07 Å². The molecule has 1 N–H and O–H groups in total. The van der Waals surface area contributed by atoms with Crippen molar-refractivity contribution in [1.82, 2.24) is 10.2 Å². The molecule has 2 rings (SSSR count). The maximum Gasteiger partial charge on any atom is 0.0991 e. The zero-order chi connectivity index (χ0) is 14.4. The van der Waals surface area contributed by atoms with Crippen LogP contribution in [0.15, 0.2) is 24.3 Å². The number of hydrogen-bond acceptors (Lipinski definition) is 3. The normalized spacial score (nSPS) is 18.6. The second-order valence-corrected chi connectivity index (χ2v) is 5.95.